The minimum atomic E-state index is -0.311. The van der Waals surface area contributed by atoms with Gasteiger partial charge in [0.2, 0.25) is 0 Å². The smallest absolute Gasteiger partial charge is 0.165 e. The van der Waals surface area contributed by atoms with Crippen molar-refractivity contribution >= 4 is 23.2 Å². The van der Waals surface area contributed by atoms with Crippen LogP contribution in [0, 0.1) is 5.82 Å². The van der Waals surface area contributed by atoms with E-state index in [1.54, 1.807) is 18.5 Å². The van der Waals surface area contributed by atoms with Gasteiger partial charge in [-0.2, -0.15) is 0 Å². The van der Waals surface area contributed by atoms with Gasteiger partial charge >= 0.3 is 0 Å². The lowest BCUT2D eigenvalue weighted by atomic mass is 10.1. The fraction of sp³-hybridized carbons (Fsp3) is 0.357. The van der Waals surface area contributed by atoms with E-state index >= 15 is 0 Å². The highest BCUT2D eigenvalue weighted by atomic mass is 35.5. The maximum Gasteiger partial charge on any atom is 0.165 e. The summed E-state index contributed by atoms with van der Waals surface area (Å²) in [6, 6.07) is 5.11. The van der Waals surface area contributed by atoms with Gasteiger partial charge in [0, 0.05) is 17.8 Å². The van der Waals surface area contributed by atoms with Crippen molar-refractivity contribution in [3.8, 4) is 5.75 Å². The number of aromatic nitrogens is 1. The number of nitrogens with one attached hydrogen (secondary N) is 1. The average Bonchev–Trinajstić information content (AvgIpc) is 2.41. The van der Waals surface area contributed by atoms with Crippen LogP contribution in [0.25, 0.3) is 10.8 Å². The van der Waals surface area contributed by atoms with Crippen LogP contribution in [0.5, 0.6) is 5.75 Å². The largest absolute Gasteiger partial charge is 0.487 e. The lowest BCUT2D eigenvalue weighted by Crippen LogP contribution is -2.34. The van der Waals surface area contributed by atoms with Crippen LogP contribution in [0.15, 0.2) is 30.6 Å². The molecule has 3 rings (SSSR count). The van der Waals surface area contributed by atoms with Crippen LogP contribution in [0.2, 0.25) is 0 Å². The summed E-state index contributed by atoms with van der Waals surface area (Å²) in [6.07, 6.45) is 5.32. The number of ether oxygens (including phenoxy) is 1. The molecule has 2 aromatic rings. The molecular weight excluding hydrogens is 267 g/mol. The standard InChI is InChI=1S/C14H15FN2O.ClH/c15-13-7-11-9-17-4-1-10(11)8-14(13)18-12-2-5-16-6-3-12;/h1,4,7-9,12,16H,2-3,5-6H2;1H. The Labute approximate surface area is 117 Å². The van der Waals surface area contributed by atoms with Gasteiger partial charge in [-0.1, -0.05) is 0 Å². The Morgan fingerprint density at radius 3 is 2.79 bits per heavy atom. The van der Waals surface area contributed by atoms with E-state index in [9.17, 15) is 4.39 Å². The molecule has 0 radical (unpaired) electrons. The van der Waals surface area contributed by atoms with Crippen molar-refractivity contribution in [1.82, 2.24) is 10.3 Å². The van der Waals surface area contributed by atoms with Crippen molar-refractivity contribution in [2.75, 3.05) is 13.1 Å². The van der Waals surface area contributed by atoms with Crippen LogP contribution in [-0.4, -0.2) is 24.2 Å². The number of hydrogen-bond donors (Lipinski definition) is 1. The minimum Gasteiger partial charge on any atom is -0.487 e. The molecular formula is C14H16ClFN2O. The zero-order chi connectivity index (χ0) is 12.4. The molecule has 0 atom stereocenters. The Morgan fingerprint density at radius 1 is 1.21 bits per heavy atom. The van der Waals surface area contributed by atoms with Gasteiger partial charge in [-0.3, -0.25) is 4.98 Å². The highest BCUT2D eigenvalue weighted by Gasteiger charge is 2.16. The number of halogens is 2. The van der Waals surface area contributed by atoms with E-state index in [0.717, 1.165) is 36.7 Å². The van der Waals surface area contributed by atoms with Crippen molar-refractivity contribution < 1.29 is 9.13 Å². The number of fused-ring (bicyclic) bond motifs is 1. The molecule has 1 aliphatic rings. The number of nitrogens with zero attached hydrogens (tertiary/aromatic N) is 1. The molecule has 102 valence electrons. The summed E-state index contributed by atoms with van der Waals surface area (Å²) in [5, 5.41) is 5.02. The summed E-state index contributed by atoms with van der Waals surface area (Å²) >= 11 is 0. The average molecular weight is 283 g/mol. The predicted octanol–water partition coefficient (Wildman–Crippen LogP) is 2.93. The number of piperidine rings is 1. The Morgan fingerprint density at radius 2 is 2.00 bits per heavy atom. The fourth-order valence-electron chi connectivity index (χ4n) is 2.27. The zero-order valence-electron chi connectivity index (χ0n) is 10.4. The van der Waals surface area contributed by atoms with E-state index in [4.69, 9.17) is 4.74 Å². The van der Waals surface area contributed by atoms with E-state index in [1.165, 1.54) is 6.07 Å². The molecule has 1 aliphatic heterocycles. The Hall–Kier alpha value is -1.39. The molecule has 0 amide bonds. The topological polar surface area (TPSA) is 34.1 Å². The van der Waals surface area contributed by atoms with Crippen LogP contribution >= 0.6 is 12.4 Å². The second kappa shape index (κ2) is 6.17. The van der Waals surface area contributed by atoms with E-state index in [0.29, 0.717) is 5.75 Å². The predicted molar refractivity (Wildman–Crippen MR) is 75.5 cm³/mol. The molecule has 3 nitrogen and oxygen atoms in total. The highest BCUT2D eigenvalue weighted by molar-refractivity contribution is 5.85. The Kier molecular flexibility index (Phi) is 4.56. The summed E-state index contributed by atoms with van der Waals surface area (Å²) in [5.41, 5.74) is 0. The molecule has 19 heavy (non-hydrogen) atoms. The van der Waals surface area contributed by atoms with Gasteiger partial charge in [-0.25, -0.2) is 4.39 Å². The van der Waals surface area contributed by atoms with Gasteiger partial charge in [0.15, 0.2) is 11.6 Å². The third-order valence-electron chi connectivity index (χ3n) is 3.27. The maximum atomic E-state index is 13.9. The van der Waals surface area contributed by atoms with E-state index in [-0.39, 0.29) is 24.3 Å². The summed E-state index contributed by atoms with van der Waals surface area (Å²) in [5.74, 6) is 0.0367. The molecule has 2 heterocycles. The third-order valence-corrected chi connectivity index (χ3v) is 3.27. The van der Waals surface area contributed by atoms with Crippen molar-refractivity contribution in [2.45, 2.75) is 18.9 Å². The lowest BCUT2D eigenvalue weighted by molar-refractivity contribution is 0.156. The summed E-state index contributed by atoms with van der Waals surface area (Å²) in [4.78, 5) is 3.98. The molecule has 1 aromatic heterocycles. The zero-order valence-corrected chi connectivity index (χ0v) is 11.3. The van der Waals surface area contributed by atoms with E-state index in [2.05, 4.69) is 10.3 Å². The van der Waals surface area contributed by atoms with Gasteiger partial charge in [-0.15, -0.1) is 12.4 Å². The Balaban J connectivity index is 0.00000133. The number of pyridine rings is 1. The molecule has 1 saturated heterocycles. The first kappa shape index (κ1) is 14.0. The molecule has 1 fully saturated rings. The minimum absolute atomic E-state index is 0. The molecule has 1 N–H and O–H groups in total. The maximum absolute atomic E-state index is 13.9. The second-order valence-electron chi connectivity index (χ2n) is 4.57. The molecule has 0 bridgehead atoms. The first-order chi connectivity index (χ1) is 8.83. The molecule has 0 aliphatic carbocycles. The van der Waals surface area contributed by atoms with Gasteiger partial charge < -0.3 is 10.1 Å². The molecule has 0 spiro atoms. The molecule has 0 unspecified atom stereocenters. The van der Waals surface area contributed by atoms with Crippen molar-refractivity contribution in [3.05, 3.63) is 36.4 Å². The monoisotopic (exact) mass is 282 g/mol. The second-order valence-corrected chi connectivity index (χ2v) is 4.57. The van der Waals surface area contributed by atoms with Gasteiger partial charge in [0.1, 0.15) is 6.10 Å². The van der Waals surface area contributed by atoms with Crippen LogP contribution in [0.4, 0.5) is 4.39 Å². The van der Waals surface area contributed by atoms with Crippen LogP contribution in [0.3, 0.4) is 0 Å². The Bertz CT molecular complexity index is 558. The van der Waals surface area contributed by atoms with Crippen LogP contribution < -0.4 is 10.1 Å². The first-order valence-electron chi connectivity index (χ1n) is 6.23. The van der Waals surface area contributed by atoms with Crippen molar-refractivity contribution in [3.63, 3.8) is 0 Å². The number of benzene rings is 1. The third kappa shape index (κ3) is 3.14. The van der Waals surface area contributed by atoms with Gasteiger partial charge in [-0.05, 0) is 49.5 Å². The van der Waals surface area contributed by atoms with E-state index < -0.39 is 0 Å². The molecule has 0 saturated carbocycles. The van der Waals surface area contributed by atoms with Crippen molar-refractivity contribution in [1.29, 1.82) is 0 Å². The lowest BCUT2D eigenvalue weighted by Gasteiger charge is -2.24. The van der Waals surface area contributed by atoms with Crippen LogP contribution in [0.1, 0.15) is 12.8 Å². The SMILES string of the molecule is Cl.Fc1cc2cnccc2cc1OC1CCNCC1. The highest BCUT2D eigenvalue weighted by Crippen LogP contribution is 2.26. The number of hydrogen-bond acceptors (Lipinski definition) is 3. The van der Waals surface area contributed by atoms with Gasteiger partial charge in [0.25, 0.3) is 0 Å². The summed E-state index contributed by atoms with van der Waals surface area (Å²) in [6.45, 7) is 1.87. The van der Waals surface area contributed by atoms with Gasteiger partial charge in [0.05, 0.1) is 0 Å². The van der Waals surface area contributed by atoms with Crippen LogP contribution in [-0.2, 0) is 0 Å². The fourth-order valence-corrected chi connectivity index (χ4v) is 2.27. The first-order valence-corrected chi connectivity index (χ1v) is 6.23. The molecule has 1 aromatic carbocycles. The summed E-state index contributed by atoms with van der Waals surface area (Å²) in [7, 11) is 0. The van der Waals surface area contributed by atoms with Crippen molar-refractivity contribution in [2.24, 2.45) is 0 Å². The normalized spacial score (nSPS) is 16.1. The molecule has 5 heteroatoms. The quantitative estimate of drug-likeness (QED) is 0.920. The number of rotatable bonds is 2. The van der Waals surface area contributed by atoms with E-state index in [1.807, 2.05) is 6.07 Å². The summed E-state index contributed by atoms with van der Waals surface area (Å²) < 4.78 is 19.7.